The van der Waals surface area contributed by atoms with Crippen molar-refractivity contribution in [3.63, 3.8) is 0 Å². The zero-order chi connectivity index (χ0) is 22.6. The van der Waals surface area contributed by atoms with Crippen LogP contribution >= 0.6 is 0 Å². The summed E-state index contributed by atoms with van der Waals surface area (Å²) in [5.41, 5.74) is 8.73. The molecule has 2 aromatic carbocycles. The van der Waals surface area contributed by atoms with Crippen LogP contribution < -0.4 is 15.2 Å². The van der Waals surface area contributed by atoms with Gasteiger partial charge in [-0.3, -0.25) is 14.6 Å². The molecular formula is C25H28N2O4. The summed E-state index contributed by atoms with van der Waals surface area (Å²) in [5, 5.41) is 0. The van der Waals surface area contributed by atoms with E-state index in [9.17, 15) is 9.59 Å². The highest BCUT2D eigenvalue weighted by atomic mass is 16.5. The molecule has 0 atom stereocenters. The van der Waals surface area contributed by atoms with E-state index >= 15 is 0 Å². The number of hydrogen-bond acceptors (Lipinski definition) is 5. The van der Waals surface area contributed by atoms with Gasteiger partial charge in [0.1, 0.15) is 11.1 Å². The summed E-state index contributed by atoms with van der Waals surface area (Å²) in [6, 6.07) is 9.03. The van der Waals surface area contributed by atoms with Gasteiger partial charge >= 0.3 is 0 Å². The van der Waals surface area contributed by atoms with Crippen LogP contribution in [0.1, 0.15) is 72.0 Å². The topological polar surface area (TPSA) is 91.0 Å². The van der Waals surface area contributed by atoms with Gasteiger partial charge in [0, 0.05) is 40.8 Å². The molecule has 162 valence electrons. The minimum atomic E-state index is -0.893. The number of primary amides is 1. The number of nitrogens with two attached hydrogens (primary N) is 1. The first kappa shape index (κ1) is 21.1. The number of carbonyl (C=O) groups is 2. The number of rotatable bonds is 5. The van der Waals surface area contributed by atoms with E-state index < -0.39 is 17.0 Å². The fraction of sp³-hybridized carbons (Fsp3) is 0.400. The van der Waals surface area contributed by atoms with Crippen LogP contribution in [0.4, 0.5) is 0 Å². The zero-order valence-corrected chi connectivity index (χ0v) is 18.7. The van der Waals surface area contributed by atoms with Crippen molar-refractivity contribution in [1.29, 1.82) is 0 Å². The predicted molar refractivity (Wildman–Crippen MR) is 120 cm³/mol. The Kier molecular flexibility index (Phi) is 4.91. The molecule has 2 aliphatic heterocycles. The molecule has 2 aromatic rings. The smallest absolute Gasteiger partial charge is 0.248 e. The second-order valence-electron chi connectivity index (χ2n) is 9.26. The van der Waals surface area contributed by atoms with Crippen LogP contribution in [0.15, 0.2) is 35.3 Å². The van der Waals surface area contributed by atoms with Crippen LogP contribution in [0, 0.1) is 0 Å². The lowest BCUT2D eigenvalue weighted by Crippen LogP contribution is -2.37. The Labute approximate surface area is 182 Å². The summed E-state index contributed by atoms with van der Waals surface area (Å²) in [6.45, 7) is 10.1. The quantitative estimate of drug-likeness (QED) is 0.794. The fourth-order valence-electron chi connectivity index (χ4n) is 4.41. The minimum absolute atomic E-state index is 0.0365. The number of ether oxygens (including phenoxy) is 2. The third-order valence-electron chi connectivity index (χ3n) is 5.71. The highest BCUT2D eigenvalue weighted by Gasteiger charge is 2.42. The van der Waals surface area contributed by atoms with Gasteiger partial charge in [0.15, 0.2) is 17.3 Å². The average Bonchev–Trinajstić information content (AvgIpc) is 3.01. The Morgan fingerprint density at radius 3 is 2.65 bits per heavy atom. The number of ketones is 1. The second kappa shape index (κ2) is 7.22. The number of amides is 1. The molecule has 0 fully saturated rings. The van der Waals surface area contributed by atoms with E-state index in [2.05, 4.69) is 0 Å². The molecule has 0 bridgehead atoms. The van der Waals surface area contributed by atoms with Crippen LogP contribution in [0.2, 0.25) is 0 Å². The first-order valence-corrected chi connectivity index (χ1v) is 10.6. The third kappa shape index (κ3) is 3.71. The van der Waals surface area contributed by atoms with E-state index in [1.165, 1.54) is 0 Å². The maximum atomic E-state index is 13.3. The predicted octanol–water partition coefficient (Wildman–Crippen LogP) is 3.90. The lowest BCUT2D eigenvalue weighted by Gasteiger charge is -2.29. The molecule has 2 N–H and O–H groups in total. The molecule has 2 heterocycles. The first-order chi connectivity index (χ1) is 14.5. The molecule has 0 aliphatic carbocycles. The Morgan fingerprint density at radius 1 is 1.23 bits per heavy atom. The van der Waals surface area contributed by atoms with Gasteiger partial charge in [-0.05, 0) is 58.4 Å². The molecule has 6 nitrogen and oxygen atoms in total. The lowest BCUT2D eigenvalue weighted by atomic mass is 9.80. The van der Waals surface area contributed by atoms with Gasteiger partial charge in [0.2, 0.25) is 5.91 Å². The van der Waals surface area contributed by atoms with Crippen LogP contribution in [0.3, 0.4) is 0 Å². The molecule has 6 heteroatoms. The van der Waals surface area contributed by atoms with Crippen LogP contribution in [-0.2, 0) is 12.8 Å². The van der Waals surface area contributed by atoms with Crippen LogP contribution in [0.25, 0.3) is 0 Å². The monoisotopic (exact) mass is 420 g/mol. The number of aliphatic imine (C=N–C) groups is 1. The number of fused-ring (bicyclic) bond motifs is 3. The largest absolute Gasteiger partial charge is 0.490 e. The van der Waals surface area contributed by atoms with Crippen molar-refractivity contribution in [3.8, 4) is 11.5 Å². The van der Waals surface area contributed by atoms with E-state index in [0.717, 1.165) is 22.4 Å². The van der Waals surface area contributed by atoms with Gasteiger partial charge in [0.25, 0.3) is 0 Å². The second-order valence-corrected chi connectivity index (χ2v) is 9.26. The zero-order valence-electron chi connectivity index (χ0n) is 18.7. The standard InChI is InChI=1S/C25H28N2O4/c1-6-30-19-12-16-20(17-13-24(2,3)31-21(17)19)18(27-25(4,5)22(16)28)11-14-8-7-9-15(10-14)23(26)29/h7-10,12H,6,11,13H2,1-5H3,(H2,26,29). The maximum Gasteiger partial charge on any atom is 0.248 e. The molecule has 4 rings (SSSR count). The number of hydrogen-bond donors (Lipinski definition) is 1. The summed E-state index contributed by atoms with van der Waals surface area (Å²) in [6.07, 6.45) is 1.13. The van der Waals surface area contributed by atoms with Crippen molar-refractivity contribution in [2.45, 2.75) is 58.6 Å². The lowest BCUT2D eigenvalue weighted by molar-refractivity contribution is 0.0911. The summed E-state index contributed by atoms with van der Waals surface area (Å²) in [7, 11) is 0. The van der Waals surface area contributed by atoms with Crippen molar-refractivity contribution < 1.29 is 19.1 Å². The molecule has 1 amide bonds. The molecule has 0 aromatic heterocycles. The van der Waals surface area contributed by atoms with Crippen LogP contribution in [-0.4, -0.2) is 35.1 Å². The molecule has 0 unspecified atom stereocenters. The summed E-state index contributed by atoms with van der Waals surface area (Å²) in [5.74, 6) is 0.783. The summed E-state index contributed by atoms with van der Waals surface area (Å²) in [4.78, 5) is 29.8. The first-order valence-electron chi connectivity index (χ1n) is 10.6. The van der Waals surface area contributed by atoms with Crippen molar-refractivity contribution >= 4 is 17.4 Å². The van der Waals surface area contributed by atoms with Gasteiger partial charge in [-0.15, -0.1) is 0 Å². The molecule has 2 aliphatic rings. The van der Waals surface area contributed by atoms with E-state index in [0.29, 0.717) is 42.1 Å². The molecule has 0 saturated carbocycles. The van der Waals surface area contributed by atoms with Crippen molar-refractivity contribution in [2.24, 2.45) is 10.7 Å². The van der Waals surface area contributed by atoms with Crippen molar-refractivity contribution in [2.75, 3.05) is 6.61 Å². The average molecular weight is 421 g/mol. The summed E-state index contributed by atoms with van der Waals surface area (Å²) < 4.78 is 12.1. The van der Waals surface area contributed by atoms with E-state index in [1.807, 2.05) is 46.8 Å². The SMILES string of the molecule is CCOc1cc2c(c3c1OC(C)(C)C3)C(Cc1cccc(C(N)=O)c1)=NC(C)(C)C2=O. The Bertz CT molecular complexity index is 1130. The molecular weight excluding hydrogens is 392 g/mol. The highest BCUT2D eigenvalue weighted by molar-refractivity contribution is 6.20. The van der Waals surface area contributed by atoms with Gasteiger partial charge in [-0.2, -0.15) is 0 Å². The maximum absolute atomic E-state index is 13.3. The number of Topliss-reactive ketones (excluding diaryl/α,β-unsaturated/α-hetero) is 1. The Hall–Kier alpha value is -3.15. The van der Waals surface area contributed by atoms with E-state index in [-0.39, 0.29) is 5.78 Å². The molecule has 0 radical (unpaired) electrons. The Morgan fingerprint density at radius 2 is 1.97 bits per heavy atom. The molecule has 0 spiro atoms. The normalized spacial score (nSPS) is 18.0. The van der Waals surface area contributed by atoms with Crippen LogP contribution in [0.5, 0.6) is 11.5 Å². The molecule has 0 saturated heterocycles. The van der Waals surface area contributed by atoms with E-state index in [4.69, 9.17) is 20.2 Å². The van der Waals surface area contributed by atoms with Gasteiger partial charge in [-0.1, -0.05) is 12.1 Å². The molecule has 31 heavy (non-hydrogen) atoms. The number of carbonyl (C=O) groups excluding carboxylic acids is 2. The van der Waals surface area contributed by atoms with Crippen molar-refractivity contribution in [3.05, 3.63) is 58.1 Å². The van der Waals surface area contributed by atoms with Gasteiger partial charge in [-0.25, -0.2) is 0 Å². The fourth-order valence-corrected chi connectivity index (χ4v) is 4.41. The highest BCUT2D eigenvalue weighted by Crippen LogP contribution is 2.47. The number of benzene rings is 2. The van der Waals surface area contributed by atoms with Crippen molar-refractivity contribution in [1.82, 2.24) is 0 Å². The number of nitrogens with zero attached hydrogens (tertiary/aromatic N) is 1. The van der Waals surface area contributed by atoms with Gasteiger partial charge in [0.05, 0.1) is 6.61 Å². The van der Waals surface area contributed by atoms with Gasteiger partial charge < -0.3 is 15.2 Å². The minimum Gasteiger partial charge on any atom is -0.490 e. The third-order valence-corrected chi connectivity index (χ3v) is 5.71. The Balaban J connectivity index is 1.90. The van der Waals surface area contributed by atoms with E-state index in [1.54, 1.807) is 18.2 Å². The summed E-state index contributed by atoms with van der Waals surface area (Å²) >= 11 is 0.